The van der Waals surface area contributed by atoms with Gasteiger partial charge in [-0.2, -0.15) is 0 Å². The van der Waals surface area contributed by atoms with Crippen molar-refractivity contribution in [1.82, 2.24) is 23.7 Å². The van der Waals surface area contributed by atoms with Crippen molar-refractivity contribution in [3.05, 3.63) is 190 Å². The molecule has 0 saturated carbocycles. The third-order valence-electron chi connectivity index (χ3n) is 14.9. The van der Waals surface area contributed by atoms with Crippen molar-refractivity contribution in [2.24, 2.45) is 5.41 Å². The average molecular weight is 1080 g/mol. The number of rotatable bonds is 7. The van der Waals surface area contributed by atoms with Crippen molar-refractivity contribution in [2.75, 3.05) is 0 Å². The van der Waals surface area contributed by atoms with Crippen LogP contribution in [-0.4, -0.2) is 23.7 Å². The molecule has 0 spiro atoms. The van der Waals surface area contributed by atoms with Gasteiger partial charge in [0.25, 0.3) is 0 Å². The van der Waals surface area contributed by atoms with Gasteiger partial charge in [-0.15, -0.1) is 0 Å². The molecule has 0 amide bonds. The van der Waals surface area contributed by atoms with E-state index in [-0.39, 0.29) is 49.9 Å². The number of ether oxygens (including phenoxy) is 1. The van der Waals surface area contributed by atoms with Gasteiger partial charge in [-0.25, -0.2) is 0 Å². The van der Waals surface area contributed by atoms with E-state index in [4.69, 9.17) is 17.9 Å². The second kappa shape index (κ2) is 15.7. The maximum atomic E-state index is 9.31. The summed E-state index contributed by atoms with van der Waals surface area (Å²) in [6.07, 6.45) is 5.05. The number of benzene rings is 6. The quantitative estimate of drug-likeness (QED) is 0.149. The first kappa shape index (κ1) is 33.8. The van der Waals surface area contributed by atoms with Crippen LogP contribution in [0.3, 0.4) is 0 Å². The number of imidazole rings is 1. The van der Waals surface area contributed by atoms with E-state index in [1.54, 1.807) is 24.5 Å². The van der Waals surface area contributed by atoms with Crippen LogP contribution >= 0.6 is 0 Å². The van der Waals surface area contributed by atoms with E-state index >= 15 is 0 Å². The van der Waals surface area contributed by atoms with Gasteiger partial charge in [-0.3, -0.25) is 0 Å². The molecule has 0 bridgehead atoms. The molecule has 0 fully saturated rings. The van der Waals surface area contributed by atoms with Gasteiger partial charge in [0.1, 0.15) is 0 Å². The molecule has 4 aromatic heterocycles. The Kier molecular flexibility index (Phi) is 7.81. The minimum absolute atomic E-state index is 0.0951. The number of pyridine rings is 2. The number of hydrogen-bond acceptors (Lipinski definition) is 3. The van der Waals surface area contributed by atoms with Crippen molar-refractivity contribution in [2.45, 2.75) is 85.5 Å². The molecule has 0 atom stereocenters. The predicted octanol–water partition coefficient (Wildman–Crippen LogP) is 15.3. The monoisotopic (exact) mass is 1080 g/mol. The number of para-hydroxylation sites is 2. The van der Waals surface area contributed by atoms with Crippen LogP contribution in [0.5, 0.6) is 11.5 Å². The Morgan fingerprint density at radius 2 is 1.31 bits per heavy atom. The third kappa shape index (κ3) is 6.65. The molecular formula is C61H55N5OPt-2. The first-order valence-electron chi connectivity index (χ1n) is 27.7. The fourth-order valence-corrected chi connectivity index (χ4v) is 11.3. The molecule has 0 unspecified atom stereocenters. The molecule has 6 nitrogen and oxygen atoms in total. The van der Waals surface area contributed by atoms with E-state index in [1.807, 2.05) is 72.5 Å². The summed E-state index contributed by atoms with van der Waals surface area (Å²) >= 11 is 2.15. The minimum atomic E-state index is -0.642. The summed E-state index contributed by atoms with van der Waals surface area (Å²) in [5, 5.41) is 2.09. The molecule has 6 aromatic carbocycles. The van der Waals surface area contributed by atoms with E-state index < -0.39 is 65.8 Å². The fraction of sp³-hybridized carbons (Fsp3) is 0.230. The zero-order valence-corrected chi connectivity index (χ0v) is 41.9. The second-order valence-electron chi connectivity index (χ2n) is 20.3. The van der Waals surface area contributed by atoms with E-state index in [0.29, 0.717) is 31.8 Å². The Bertz CT molecular complexity index is 4170. The van der Waals surface area contributed by atoms with Crippen molar-refractivity contribution in [3.63, 3.8) is 0 Å². The van der Waals surface area contributed by atoms with Gasteiger partial charge < -0.3 is 0 Å². The Morgan fingerprint density at radius 3 is 1.94 bits per heavy atom. The van der Waals surface area contributed by atoms with Gasteiger partial charge in [0.15, 0.2) is 0 Å². The molecule has 10 aromatic rings. The summed E-state index contributed by atoms with van der Waals surface area (Å²) in [7, 11) is 0. The topological polar surface area (TPSA) is 49.8 Å². The van der Waals surface area contributed by atoms with Crippen LogP contribution in [0.25, 0.3) is 72.3 Å². The van der Waals surface area contributed by atoms with E-state index in [1.165, 1.54) is 11.1 Å². The molecular weight excluding hydrogens is 1010 g/mol. The number of nitrogens with zero attached hydrogens (tertiary/aromatic N) is 5. The summed E-state index contributed by atoms with van der Waals surface area (Å²) in [5.74, 6) is 1.46. The van der Waals surface area contributed by atoms with Gasteiger partial charge in [0.2, 0.25) is 0 Å². The molecule has 0 radical (unpaired) electrons. The third-order valence-corrected chi connectivity index (χ3v) is 15.9. The van der Waals surface area contributed by atoms with E-state index in [0.717, 1.165) is 33.2 Å². The predicted molar refractivity (Wildman–Crippen MR) is 274 cm³/mol. The summed E-state index contributed by atoms with van der Waals surface area (Å²) in [4.78, 5) is 9.61. The molecule has 1 aliphatic carbocycles. The van der Waals surface area contributed by atoms with E-state index in [2.05, 4.69) is 114 Å². The van der Waals surface area contributed by atoms with Crippen LogP contribution in [0.1, 0.15) is 98.3 Å². The van der Waals surface area contributed by atoms with Crippen LogP contribution in [0.15, 0.2) is 152 Å². The zero-order valence-electron chi connectivity index (χ0n) is 49.6. The van der Waals surface area contributed by atoms with Gasteiger partial charge in [0.05, 0.1) is 0 Å². The number of aromatic nitrogens is 5. The Morgan fingerprint density at radius 1 is 0.676 bits per heavy atom. The second-order valence-corrected chi connectivity index (χ2v) is 21.3. The molecule has 11 rings (SSSR count). The first-order valence-corrected chi connectivity index (χ1v) is 23.8. The Hall–Kier alpha value is -6.62. The van der Waals surface area contributed by atoms with Gasteiger partial charge in [-0.1, -0.05) is 47.6 Å². The van der Waals surface area contributed by atoms with Crippen LogP contribution in [0, 0.1) is 28.3 Å². The number of fused-ring (bicyclic) bond motifs is 6. The Balaban J connectivity index is 1.14. The first-order chi connectivity index (χ1) is 36.6. The van der Waals surface area contributed by atoms with Crippen LogP contribution in [-0.2, 0) is 35.6 Å². The summed E-state index contributed by atoms with van der Waals surface area (Å²) in [6, 6.07) is 25.5. The molecule has 0 N–H and O–H groups in total. The molecule has 68 heavy (non-hydrogen) atoms. The molecule has 0 saturated heterocycles. The molecule has 342 valence electrons. The zero-order chi connectivity index (χ0) is 56.2. The van der Waals surface area contributed by atoms with Crippen LogP contribution in [0.4, 0.5) is 0 Å². The fourth-order valence-electron chi connectivity index (χ4n) is 10.2. The SMILES string of the molecule is [2H]c1c([2H])c([2H])c(-c2cc(C(C)(C)C)cc(-c3c([2H])c([2H])c([2H])c([2H])c3[2H])c2-n2[c](=[Pt])n(-c3[c-]c(Oc4[c-]c5c(cc4)c4ccc6c(c4n5-c4cc(C)ccn4)C(C)(C)C(C)(C)C6(C)C)cnc3)c3ccccc32)c([2H])c1[2H]. The van der Waals surface area contributed by atoms with Crippen molar-refractivity contribution in [1.29, 1.82) is 0 Å². The maximum absolute atomic E-state index is 9.31. The van der Waals surface area contributed by atoms with E-state index in [9.17, 15) is 5.48 Å². The number of aryl methyl sites for hydroxylation is 1. The average Bonchev–Trinajstić information content (AvgIpc) is 3.51. The molecule has 4 heterocycles. The molecule has 0 aliphatic heterocycles. The molecule has 7 heteroatoms. The summed E-state index contributed by atoms with van der Waals surface area (Å²) in [6.45, 7) is 22.0. The Labute approximate surface area is 424 Å². The summed E-state index contributed by atoms with van der Waals surface area (Å²) in [5.41, 5.74) is 7.12. The van der Waals surface area contributed by atoms with Crippen LogP contribution in [0.2, 0.25) is 0 Å². The van der Waals surface area contributed by atoms with Crippen molar-refractivity contribution >= 4 is 32.8 Å². The standard InChI is InChI=1S/C61H55N5O.Pt/c1-39-29-30-63-54(31-39)66-53-35-44(25-26-46(53)47-27-28-50-55(57(47)66)60(7,8)61(9,10)59(50,5)6)67-45-34-43(36-62-37-45)64-38-65(52-24-18-17-23-51(52)64)56-48(40-19-13-11-14-20-40)32-42(58(2,3)4)33-49(56)41-21-15-12-16-22-41;/h11-33,36-37H,1-10H3;/q-2;/i11D,12D,13D,14D,15D,16D,19D,20D,21D,22D;. The molecule has 1 aliphatic rings. The van der Waals surface area contributed by atoms with Gasteiger partial charge >= 0.3 is 332 Å². The van der Waals surface area contributed by atoms with Crippen molar-refractivity contribution in [3.8, 4) is 50.9 Å². The summed E-state index contributed by atoms with van der Waals surface area (Å²) < 4.78 is 103. The van der Waals surface area contributed by atoms with Gasteiger partial charge in [-0.05, 0) is 40.4 Å². The van der Waals surface area contributed by atoms with Gasteiger partial charge in [0, 0.05) is 6.20 Å². The normalized spacial score (nSPS) is 17.1. The van der Waals surface area contributed by atoms with Crippen molar-refractivity contribution < 1.29 is 37.8 Å². The number of hydrogen-bond donors (Lipinski definition) is 0. The van der Waals surface area contributed by atoms with Crippen LogP contribution < -0.4 is 4.74 Å².